The van der Waals surface area contributed by atoms with Crippen LogP contribution in [0.2, 0.25) is 0 Å². The van der Waals surface area contributed by atoms with Gasteiger partial charge < -0.3 is 8.92 Å². The molecule has 19 heavy (non-hydrogen) atoms. The lowest BCUT2D eigenvalue weighted by Crippen LogP contribution is -2.11. The first kappa shape index (κ1) is 16.0. The third-order valence-electron chi connectivity index (χ3n) is 2.51. The van der Waals surface area contributed by atoms with E-state index in [1.165, 1.54) is 0 Å². The predicted molar refractivity (Wildman–Crippen MR) is 80.1 cm³/mol. The summed E-state index contributed by atoms with van der Waals surface area (Å²) in [5.74, 6) is 2.13. The first-order valence-electron chi connectivity index (χ1n) is 6.83. The van der Waals surface area contributed by atoms with Crippen LogP contribution in [0.3, 0.4) is 0 Å². The molecular formula is C15H24O3S. The molecule has 0 spiro atoms. The molecule has 0 fully saturated rings. The molecule has 1 aromatic carbocycles. The average Bonchev–Trinajstić information content (AvgIpc) is 2.31. The van der Waals surface area contributed by atoms with Crippen LogP contribution in [0.5, 0.6) is 11.5 Å². The van der Waals surface area contributed by atoms with E-state index in [-0.39, 0.29) is 0 Å². The molecule has 108 valence electrons. The maximum Gasteiger partial charge on any atom is 0.206 e. The van der Waals surface area contributed by atoms with Gasteiger partial charge in [-0.05, 0) is 37.0 Å². The highest BCUT2D eigenvalue weighted by molar-refractivity contribution is 7.80. The Kier molecular flexibility index (Phi) is 6.92. The Labute approximate surface area is 119 Å². The molecule has 0 bridgehead atoms. The van der Waals surface area contributed by atoms with E-state index in [1.54, 1.807) is 0 Å². The van der Waals surface area contributed by atoms with Crippen LogP contribution in [-0.2, 0) is 11.1 Å². The zero-order valence-corrected chi connectivity index (χ0v) is 13.1. The van der Waals surface area contributed by atoms with Crippen molar-refractivity contribution >= 4 is 11.1 Å². The van der Waals surface area contributed by atoms with Gasteiger partial charge in [0.2, 0.25) is 11.1 Å². The molecule has 1 aromatic rings. The van der Waals surface area contributed by atoms with E-state index < -0.39 is 11.1 Å². The highest BCUT2D eigenvalue weighted by Crippen LogP contribution is 2.29. The molecule has 0 heterocycles. The fourth-order valence-corrected chi connectivity index (χ4v) is 2.48. The maximum atomic E-state index is 11.8. The number of rotatable bonds is 8. The molecule has 1 atom stereocenters. The number of benzene rings is 1. The van der Waals surface area contributed by atoms with Gasteiger partial charge in [0.1, 0.15) is 0 Å². The summed E-state index contributed by atoms with van der Waals surface area (Å²) >= 11 is -1.31. The van der Waals surface area contributed by atoms with Crippen molar-refractivity contribution in [2.24, 2.45) is 5.92 Å². The van der Waals surface area contributed by atoms with Crippen LogP contribution in [0, 0.1) is 12.8 Å². The molecule has 0 saturated heterocycles. The third kappa shape index (κ3) is 6.10. The normalized spacial score (nSPS) is 12.5. The van der Waals surface area contributed by atoms with E-state index in [2.05, 4.69) is 6.92 Å². The Bertz CT molecular complexity index is 416. The zero-order chi connectivity index (χ0) is 14.3. The molecule has 0 aliphatic carbocycles. The zero-order valence-electron chi connectivity index (χ0n) is 12.3. The summed E-state index contributed by atoms with van der Waals surface area (Å²) in [4.78, 5) is 0. The number of unbranched alkanes of at least 4 members (excludes halogenated alkanes) is 1. The van der Waals surface area contributed by atoms with E-state index in [0.717, 1.165) is 18.4 Å². The van der Waals surface area contributed by atoms with Gasteiger partial charge in [-0.15, -0.1) is 0 Å². The Balaban J connectivity index is 2.73. The number of hydrogen-bond acceptors (Lipinski definition) is 3. The Morgan fingerprint density at radius 2 is 2.00 bits per heavy atom. The van der Waals surface area contributed by atoms with E-state index in [9.17, 15) is 4.21 Å². The Hall–Kier alpha value is -1.03. The molecule has 1 rings (SSSR count). The standard InChI is InChI=1S/C15H24O3S/c1-5-6-9-17-14-8-7-13(4)10-15(14)18-19(16)11-12(2)3/h7-8,10,12H,5-6,9,11H2,1-4H3. The molecule has 0 N–H and O–H groups in total. The summed E-state index contributed by atoms with van der Waals surface area (Å²) in [5, 5.41) is 0. The van der Waals surface area contributed by atoms with Gasteiger partial charge in [-0.1, -0.05) is 33.3 Å². The topological polar surface area (TPSA) is 35.5 Å². The van der Waals surface area contributed by atoms with E-state index in [4.69, 9.17) is 8.92 Å². The van der Waals surface area contributed by atoms with Crippen molar-refractivity contribution < 1.29 is 13.1 Å². The van der Waals surface area contributed by atoms with E-state index in [1.807, 2.05) is 39.0 Å². The van der Waals surface area contributed by atoms with Gasteiger partial charge >= 0.3 is 0 Å². The predicted octanol–water partition coefficient (Wildman–Crippen LogP) is 3.87. The molecule has 1 unspecified atom stereocenters. The molecule has 0 aromatic heterocycles. The van der Waals surface area contributed by atoms with Crippen molar-refractivity contribution in [3.8, 4) is 11.5 Å². The minimum atomic E-state index is -1.31. The molecule has 0 radical (unpaired) electrons. The summed E-state index contributed by atoms with van der Waals surface area (Å²) in [5.41, 5.74) is 1.07. The lowest BCUT2D eigenvalue weighted by Gasteiger charge is -2.13. The SMILES string of the molecule is CCCCOc1ccc(C)cc1OS(=O)CC(C)C. The van der Waals surface area contributed by atoms with Gasteiger partial charge in [-0.25, -0.2) is 4.21 Å². The molecule has 0 amide bonds. The van der Waals surface area contributed by atoms with Gasteiger partial charge in [0, 0.05) is 0 Å². The molecule has 4 heteroatoms. The lowest BCUT2D eigenvalue weighted by molar-refractivity contribution is 0.301. The van der Waals surface area contributed by atoms with Crippen molar-refractivity contribution in [3.63, 3.8) is 0 Å². The fraction of sp³-hybridized carbons (Fsp3) is 0.600. The van der Waals surface area contributed by atoms with Crippen LogP contribution in [0.25, 0.3) is 0 Å². The molecule has 3 nitrogen and oxygen atoms in total. The first-order chi connectivity index (χ1) is 9.02. The van der Waals surface area contributed by atoms with Crippen LogP contribution in [0.1, 0.15) is 39.2 Å². The second-order valence-electron chi connectivity index (χ2n) is 5.10. The van der Waals surface area contributed by atoms with Crippen molar-refractivity contribution in [2.75, 3.05) is 12.4 Å². The first-order valence-corrected chi connectivity index (χ1v) is 8.07. The quantitative estimate of drug-likeness (QED) is 0.680. The summed E-state index contributed by atoms with van der Waals surface area (Å²) < 4.78 is 23.0. The third-order valence-corrected chi connectivity index (χ3v) is 3.81. The minimum Gasteiger partial charge on any atom is -0.490 e. The number of hydrogen-bond donors (Lipinski definition) is 0. The maximum absolute atomic E-state index is 11.8. The van der Waals surface area contributed by atoms with Crippen LogP contribution < -0.4 is 8.92 Å². The number of aryl methyl sites for hydroxylation is 1. The molecule has 0 aliphatic heterocycles. The highest BCUT2D eigenvalue weighted by Gasteiger charge is 2.11. The fourth-order valence-electron chi connectivity index (χ4n) is 1.53. The van der Waals surface area contributed by atoms with Crippen LogP contribution in [0.4, 0.5) is 0 Å². The van der Waals surface area contributed by atoms with Gasteiger partial charge in [-0.3, -0.25) is 0 Å². The summed E-state index contributed by atoms with van der Waals surface area (Å²) in [6.45, 7) is 8.81. The Morgan fingerprint density at radius 1 is 1.26 bits per heavy atom. The molecule has 0 aliphatic rings. The summed E-state index contributed by atoms with van der Waals surface area (Å²) in [6, 6.07) is 5.73. The van der Waals surface area contributed by atoms with Crippen LogP contribution in [0.15, 0.2) is 18.2 Å². The monoisotopic (exact) mass is 284 g/mol. The number of ether oxygens (including phenoxy) is 1. The summed E-state index contributed by atoms with van der Waals surface area (Å²) in [6.07, 6.45) is 2.09. The second-order valence-corrected chi connectivity index (χ2v) is 6.21. The van der Waals surface area contributed by atoms with Crippen molar-refractivity contribution in [1.29, 1.82) is 0 Å². The summed E-state index contributed by atoms with van der Waals surface area (Å²) in [7, 11) is 0. The van der Waals surface area contributed by atoms with Gasteiger partial charge in [0.25, 0.3) is 0 Å². The van der Waals surface area contributed by atoms with Gasteiger partial charge in [0.15, 0.2) is 11.5 Å². The van der Waals surface area contributed by atoms with Crippen molar-refractivity contribution in [2.45, 2.75) is 40.5 Å². The molecular weight excluding hydrogens is 260 g/mol. The largest absolute Gasteiger partial charge is 0.490 e. The van der Waals surface area contributed by atoms with Crippen LogP contribution >= 0.6 is 0 Å². The van der Waals surface area contributed by atoms with Gasteiger partial charge in [-0.2, -0.15) is 0 Å². The highest BCUT2D eigenvalue weighted by atomic mass is 32.2. The van der Waals surface area contributed by atoms with Crippen molar-refractivity contribution in [1.82, 2.24) is 0 Å². The van der Waals surface area contributed by atoms with Crippen LogP contribution in [-0.4, -0.2) is 16.6 Å². The lowest BCUT2D eigenvalue weighted by atomic mass is 10.2. The van der Waals surface area contributed by atoms with Gasteiger partial charge in [0.05, 0.1) is 12.4 Å². The molecule has 0 saturated carbocycles. The smallest absolute Gasteiger partial charge is 0.206 e. The van der Waals surface area contributed by atoms with Crippen molar-refractivity contribution in [3.05, 3.63) is 23.8 Å². The second kappa shape index (κ2) is 8.20. The average molecular weight is 284 g/mol. The minimum absolute atomic E-state index is 0.343. The van der Waals surface area contributed by atoms with E-state index in [0.29, 0.717) is 29.8 Å². The van der Waals surface area contributed by atoms with E-state index >= 15 is 0 Å². The Morgan fingerprint density at radius 3 is 2.63 bits per heavy atom.